The fourth-order valence-corrected chi connectivity index (χ4v) is 2.60. The Balaban J connectivity index is 1.70. The summed E-state index contributed by atoms with van der Waals surface area (Å²) in [5.74, 6) is 0. The minimum Gasteiger partial charge on any atom is -0.308 e. The Morgan fingerprint density at radius 2 is 1.63 bits per heavy atom. The molecule has 3 aromatic rings. The van der Waals surface area contributed by atoms with E-state index in [1.807, 2.05) is 31.2 Å². The van der Waals surface area contributed by atoms with Gasteiger partial charge >= 0.3 is 12.2 Å². The van der Waals surface area contributed by atoms with Crippen molar-refractivity contribution in [2.24, 2.45) is 0 Å². The molecular formula is C20H16F3N3O. The maximum Gasteiger partial charge on any atom is 0.418 e. The Kier molecular flexibility index (Phi) is 5.12. The SMILES string of the molecule is Cc1cc(-c2ccc(NC(=O)Nc3ccccc3C(F)(F)F)cc2)ccn1. The fraction of sp³-hybridized carbons (Fsp3) is 0.100. The van der Waals surface area contributed by atoms with E-state index in [0.29, 0.717) is 5.69 Å². The summed E-state index contributed by atoms with van der Waals surface area (Å²) < 4.78 is 39.0. The molecule has 2 aromatic carbocycles. The van der Waals surface area contributed by atoms with Gasteiger partial charge in [0.15, 0.2) is 0 Å². The van der Waals surface area contributed by atoms with Crippen molar-refractivity contribution in [3.8, 4) is 11.1 Å². The maximum atomic E-state index is 13.0. The number of rotatable bonds is 3. The first kappa shape index (κ1) is 18.4. The predicted molar refractivity (Wildman–Crippen MR) is 98.5 cm³/mol. The first-order chi connectivity index (χ1) is 12.8. The number of aryl methyl sites for hydroxylation is 1. The highest BCUT2D eigenvalue weighted by Gasteiger charge is 2.33. The van der Waals surface area contributed by atoms with Crippen molar-refractivity contribution in [3.05, 3.63) is 78.1 Å². The first-order valence-corrected chi connectivity index (χ1v) is 8.10. The van der Waals surface area contributed by atoms with Crippen molar-refractivity contribution in [1.82, 2.24) is 4.98 Å². The Hall–Kier alpha value is -3.35. The van der Waals surface area contributed by atoms with Gasteiger partial charge in [0.2, 0.25) is 0 Å². The number of para-hydroxylation sites is 1. The molecule has 2 amide bonds. The third kappa shape index (κ3) is 4.63. The summed E-state index contributed by atoms with van der Waals surface area (Å²) in [5.41, 5.74) is 2.07. The van der Waals surface area contributed by atoms with E-state index in [1.165, 1.54) is 18.2 Å². The second kappa shape index (κ2) is 7.49. The molecule has 0 unspecified atom stereocenters. The van der Waals surface area contributed by atoms with Gasteiger partial charge in [0, 0.05) is 17.6 Å². The number of nitrogens with zero attached hydrogens (tertiary/aromatic N) is 1. The van der Waals surface area contributed by atoms with Crippen molar-refractivity contribution < 1.29 is 18.0 Å². The van der Waals surface area contributed by atoms with Crippen LogP contribution in [-0.4, -0.2) is 11.0 Å². The molecule has 1 heterocycles. The van der Waals surface area contributed by atoms with Crippen molar-refractivity contribution in [3.63, 3.8) is 0 Å². The van der Waals surface area contributed by atoms with Crippen LogP contribution < -0.4 is 10.6 Å². The summed E-state index contributed by atoms with van der Waals surface area (Å²) in [6.07, 6.45) is -2.84. The van der Waals surface area contributed by atoms with Crippen LogP contribution in [0.25, 0.3) is 11.1 Å². The monoisotopic (exact) mass is 371 g/mol. The van der Waals surface area contributed by atoms with E-state index in [4.69, 9.17) is 0 Å². The van der Waals surface area contributed by atoms with E-state index in [1.54, 1.807) is 18.3 Å². The summed E-state index contributed by atoms with van der Waals surface area (Å²) in [7, 11) is 0. The quantitative estimate of drug-likeness (QED) is 0.619. The van der Waals surface area contributed by atoms with Gasteiger partial charge in [0.05, 0.1) is 11.3 Å². The molecule has 0 spiro atoms. The number of carbonyl (C=O) groups is 1. The van der Waals surface area contributed by atoms with Crippen LogP contribution in [-0.2, 0) is 6.18 Å². The second-order valence-electron chi connectivity index (χ2n) is 5.89. The number of pyridine rings is 1. The molecule has 0 bridgehead atoms. The standard InChI is InChI=1S/C20H16F3N3O/c1-13-12-15(10-11-24-13)14-6-8-16(9-7-14)25-19(27)26-18-5-3-2-4-17(18)20(21,22)23/h2-12H,1H3,(H2,25,26,27). The normalized spacial score (nSPS) is 11.1. The van der Waals surface area contributed by atoms with Gasteiger partial charge in [-0.1, -0.05) is 24.3 Å². The van der Waals surface area contributed by atoms with E-state index in [-0.39, 0.29) is 5.69 Å². The number of carbonyl (C=O) groups excluding carboxylic acids is 1. The van der Waals surface area contributed by atoms with Crippen molar-refractivity contribution in [2.75, 3.05) is 10.6 Å². The highest BCUT2D eigenvalue weighted by Crippen LogP contribution is 2.34. The van der Waals surface area contributed by atoms with Gasteiger partial charge in [0.25, 0.3) is 0 Å². The van der Waals surface area contributed by atoms with Crippen molar-refractivity contribution >= 4 is 17.4 Å². The molecular weight excluding hydrogens is 355 g/mol. The Labute approximate surface area is 154 Å². The summed E-state index contributed by atoms with van der Waals surface area (Å²) in [6, 6.07) is 14.9. The lowest BCUT2D eigenvalue weighted by atomic mass is 10.1. The number of urea groups is 1. The van der Waals surface area contributed by atoms with Gasteiger partial charge in [-0.2, -0.15) is 13.2 Å². The smallest absolute Gasteiger partial charge is 0.308 e. The molecule has 138 valence electrons. The number of halogens is 3. The highest BCUT2D eigenvalue weighted by atomic mass is 19.4. The molecule has 0 saturated heterocycles. The lowest BCUT2D eigenvalue weighted by molar-refractivity contribution is -0.136. The summed E-state index contributed by atoms with van der Waals surface area (Å²) >= 11 is 0. The van der Waals surface area contributed by atoms with Crippen LogP contribution in [0.1, 0.15) is 11.3 Å². The predicted octanol–water partition coefficient (Wildman–Crippen LogP) is 5.72. The Morgan fingerprint density at radius 1 is 0.926 bits per heavy atom. The minimum absolute atomic E-state index is 0.300. The van der Waals surface area contributed by atoms with Gasteiger partial charge < -0.3 is 10.6 Å². The number of anilines is 2. The summed E-state index contributed by atoms with van der Waals surface area (Å²) in [6.45, 7) is 1.89. The first-order valence-electron chi connectivity index (χ1n) is 8.10. The largest absolute Gasteiger partial charge is 0.418 e. The lowest BCUT2D eigenvalue weighted by Gasteiger charge is -2.14. The lowest BCUT2D eigenvalue weighted by Crippen LogP contribution is -2.21. The summed E-state index contributed by atoms with van der Waals surface area (Å²) in [5, 5.41) is 4.77. The third-order valence-electron chi connectivity index (χ3n) is 3.85. The van der Waals surface area contributed by atoms with Crippen LogP contribution in [0.5, 0.6) is 0 Å². The number of aromatic nitrogens is 1. The molecule has 7 heteroatoms. The molecule has 4 nitrogen and oxygen atoms in total. The number of nitrogens with one attached hydrogen (secondary N) is 2. The minimum atomic E-state index is -4.55. The molecule has 0 aliphatic carbocycles. The molecule has 3 rings (SSSR count). The number of alkyl halides is 3. The molecule has 0 atom stereocenters. The summed E-state index contributed by atoms with van der Waals surface area (Å²) in [4.78, 5) is 16.2. The van der Waals surface area contributed by atoms with Crippen LogP contribution in [0.3, 0.4) is 0 Å². The van der Waals surface area contributed by atoms with E-state index in [0.717, 1.165) is 22.9 Å². The zero-order chi connectivity index (χ0) is 19.4. The fourth-order valence-electron chi connectivity index (χ4n) is 2.60. The van der Waals surface area contributed by atoms with Crippen LogP contribution in [0.2, 0.25) is 0 Å². The molecule has 0 radical (unpaired) electrons. The highest BCUT2D eigenvalue weighted by molar-refractivity contribution is 6.00. The van der Waals surface area contributed by atoms with E-state index in [9.17, 15) is 18.0 Å². The van der Waals surface area contributed by atoms with Crippen molar-refractivity contribution in [1.29, 1.82) is 0 Å². The van der Waals surface area contributed by atoms with Crippen molar-refractivity contribution in [2.45, 2.75) is 13.1 Å². The van der Waals surface area contributed by atoms with Crippen LogP contribution in [0.15, 0.2) is 66.9 Å². The zero-order valence-electron chi connectivity index (χ0n) is 14.3. The number of benzene rings is 2. The molecule has 0 saturated carbocycles. The van der Waals surface area contributed by atoms with Crippen LogP contribution >= 0.6 is 0 Å². The number of hydrogen-bond acceptors (Lipinski definition) is 2. The topological polar surface area (TPSA) is 54.0 Å². The van der Waals surface area contributed by atoms with Gasteiger partial charge in [0.1, 0.15) is 0 Å². The molecule has 27 heavy (non-hydrogen) atoms. The van der Waals surface area contributed by atoms with Gasteiger partial charge in [-0.3, -0.25) is 4.98 Å². The number of hydrogen-bond donors (Lipinski definition) is 2. The molecule has 2 N–H and O–H groups in total. The Bertz CT molecular complexity index is 953. The van der Waals surface area contributed by atoms with Crippen LogP contribution in [0, 0.1) is 6.92 Å². The zero-order valence-corrected chi connectivity index (χ0v) is 14.3. The third-order valence-corrected chi connectivity index (χ3v) is 3.85. The van der Waals surface area contributed by atoms with Gasteiger partial charge in [-0.05, 0) is 54.4 Å². The van der Waals surface area contributed by atoms with Crippen LogP contribution in [0.4, 0.5) is 29.3 Å². The average Bonchev–Trinajstić information content (AvgIpc) is 2.62. The molecule has 0 fully saturated rings. The Morgan fingerprint density at radius 3 is 2.30 bits per heavy atom. The van der Waals surface area contributed by atoms with E-state index >= 15 is 0 Å². The van der Waals surface area contributed by atoms with Gasteiger partial charge in [-0.15, -0.1) is 0 Å². The second-order valence-corrected chi connectivity index (χ2v) is 5.89. The number of amides is 2. The molecule has 0 aliphatic heterocycles. The molecule has 1 aromatic heterocycles. The van der Waals surface area contributed by atoms with E-state index in [2.05, 4.69) is 15.6 Å². The average molecular weight is 371 g/mol. The molecule has 0 aliphatic rings. The maximum absolute atomic E-state index is 13.0. The van der Waals surface area contributed by atoms with E-state index < -0.39 is 17.8 Å². The van der Waals surface area contributed by atoms with Gasteiger partial charge in [-0.25, -0.2) is 4.79 Å².